The van der Waals surface area contributed by atoms with Crippen molar-refractivity contribution < 1.29 is 0 Å². The second kappa shape index (κ2) is 3.26. The van der Waals surface area contributed by atoms with Crippen molar-refractivity contribution in [3.63, 3.8) is 0 Å². The van der Waals surface area contributed by atoms with Crippen LogP contribution in [-0.4, -0.2) is 6.04 Å². The lowest BCUT2D eigenvalue weighted by atomic mass is 10.1. The number of nitrogens with two attached hydrogens (primary N) is 2. The summed E-state index contributed by atoms with van der Waals surface area (Å²) >= 11 is 0. The van der Waals surface area contributed by atoms with E-state index >= 15 is 0 Å². The first-order chi connectivity index (χ1) is 6.25. The van der Waals surface area contributed by atoms with E-state index in [1.807, 2.05) is 18.2 Å². The Morgan fingerprint density at radius 2 is 2.08 bits per heavy atom. The zero-order chi connectivity index (χ0) is 9.26. The molecule has 0 heterocycles. The first kappa shape index (κ1) is 8.38. The van der Waals surface area contributed by atoms with Gasteiger partial charge in [-0.3, -0.25) is 0 Å². The highest BCUT2D eigenvalue weighted by molar-refractivity contribution is 5.55. The Balaban J connectivity index is 2.03. The van der Waals surface area contributed by atoms with E-state index in [1.165, 1.54) is 12.8 Å². The maximum absolute atomic E-state index is 5.80. The number of nitrogens with one attached hydrogen (secondary N) is 1. The Bertz CT molecular complexity index is 305. The Hall–Kier alpha value is -1.22. The maximum atomic E-state index is 5.80. The van der Waals surface area contributed by atoms with E-state index in [2.05, 4.69) is 5.32 Å². The summed E-state index contributed by atoms with van der Waals surface area (Å²) in [6.07, 6.45) is 2.59. The molecule has 5 N–H and O–H groups in total. The fraction of sp³-hybridized carbons (Fsp3) is 0.400. The van der Waals surface area contributed by atoms with Gasteiger partial charge in [0.1, 0.15) is 0 Å². The predicted molar refractivity (Wildman–Crippen MR) is 55.1 cm³/mol. The van der Waals surface area contributed by atoms with Crippen LogP contribution in [0.1, 0.15) is 18.4 Å². The van der Waals surface area contributed by atoms with E-state index in [9.17, 15) is 0 Å². The van der Waals surface area contributed by atoms with Gasteiger partial charge in [0.05, 0.1) is 0 Å². The number of anilines is 2. The number of rotatable bonds is 3. The highest BCUT2D eigenvalue weighted by atomic mass is 14.9. The van der Waals surface area contributed by atoms with Crippen LogP contribution in [-0.2, 0) is 6.54 Å². The summed E-state index contributed by atoms with van der Waals surface area (Å²) in [6.45, 7) is 0.835. The van der Waals surface area contributed by atoms with E-state index in [-0.39, 0.29) is 0 Å². The molecular weight excluding hydrogens is 162 g/mol. The van der Waals surface area contributed by atoms with Gasteiger partial charge in [-0.2, -0.15) is 0 Å². The minimum atomic E-state index is 0.709. The second-order valence-electron chi connectivity index (χ2n) is 3.61. The van der Waals surface area contributed by atoms with Gasteiger partial charge in [0, 0.05) is 24.0 Å². The second-order valence-corrected chi connectivity index (χ2v) is 3.61. The lowest BCUT2D eigenvalue weighted by Gasteiger charge is -2.07. The van der Waals surface area contributed by atoms with Crippen molar-refractivity contribution in [1.82, 2.24) is 5.32 Å². The third kappa shape index (κ3) is 2.12. The number of nitrogen functional groups attached to an aromatic ring is 2. The van der Waals surface area contributed by atoms with Gasteiger partial charge >= 0.3 is 0 Å². The number of hydrogen-bond donors (Lipinski definition) is 3. The van der Waals surface area contributed by atoms with Gasteiger partial charge in [-0.05, 0) is 36.6 Å². The largest absolute Gasteiger partial charge is 0.399 e. The fourth-order valence-electron chi connectivity index (χ4n) is 1.32. The summed E-state index contributed by atoms with van der Waals surface area (Å²) < 4.78 is 0. The van der Waals surface area contributed by atoms with Crippen LogP contribution in [0, 0.1) is 0 Å². The Morgan fingerprint density at radius 3 is 2.77 bits per heavy atom. The molecule has 0 spiro atoms. The highest BCUT2D eigenvalue weighted by Crippen LogP contribution is 2.21. The van der Waals surface area contributed by atoms with Crippen molar-refractivity contribution in [2.45, 2.75) is 25.4 Å². The van der Waals surface area contributed by atoms with Gasteiger partial charge in [-0.15, -0.1) is 0 Å². The topological polar surface area (TPSA) is 64.1 Å². The normalized spacial score (nSPS) is 16.0. The highest BCUT2D eigenvalue weighted by Gasteiger charge is 2.20. The predicted octanol–water partition coefficient (Wildman–Crippen LogP) is 1.10. The van der Waals surface area contributed by atoms with Crippen LogP contribution >= 0.6 is 0 Å². The van der Waals surface area contributed by atoms with Crippen LogP contribution in [0.5, 0.6) is 0 Å². The molecule has 1 fully saturated rings. The smallest absolute Gasteiger partial charge is 0.0361 e. The molecule has 3 nitrogen and oxygen atoms in total. The molecule has 0 unspecified atom stereocenters. The van der Waals surface area contributed by atoms with E-state index in [0.717, 1.165) is 23.5 Å². The molecule has 0 aliphatic heterocycles. The molecule has 70 valence electrons. The summed E-state index contributed by atoms with van der Waals surface area (Å²) in [7, 11) is 0. The zero-order valence-electron chi connectivity index (χ0n) is 7.59. The van der Waals surface area contributed by atoms with Gasteiger partial charge in [-0.25, -0.2) is 0 Å². The lowest BCUT2D eigenvalue weighted by molar-refractivity contribution is 0.689. The van der Waals surface area contributed by atoms with Crippen molar-refractivity contribution in [1.29, 1.82) is 0 Å². The average molecular weight is 177 g/mol. The Morgan fingerprint density at radius 1 is 1.31 bits per heavy atom. The number of hydrogen-bond acceptors (Lipinski definition) is 3. The van der Waals surface area contributed by atoms with Crippen molar-refractivity contribution in [2.75, 3.05) is 11.5 Å². The van der Waals surface area contributed by atoms with Crippen LogP contribution in [0.15, 0.2) is 18.2 Å². The molecule has 2 rings (SSSR count). The van der Waals surface area contributed by atoms with Gasteiger partial charge in [0.25, 0.3) is 0 Å². The van der Waals surface area contributed by atoms with Gasteiger partial charge in [0.15, 0.2) is 0 Å². The van der Waals surface area contributed by atoms with Crippen LogP contribution < -0.4 is 16.8 Å². The molecule has 0 amide bonds. The molecule has 0 atom stereocenters. The monoisotopic (exact) mass is 177 g/mol. The standard InChI is InChI=1S/C10H15N3/c11-8-1-4-10(12)7(5-8)6-13-9-2-3-9/h1,4-5,9,13H,2-3,6,11-12H2. The van der Waals surface area contributed by atoms with Crippen molar-refractivity contribution in [3.05, 3.63) is 23.8 Å². The molecule has 1 aliphatic rings. The number of benzene rings is 1. The van der Waals surface area contributed by atoms with E-state index in [1.54, 1.807) is 0 Å². The van der Waals surface area contributed by atoms with Crippen molar-refractivity contribution in [3.8, 4) is 0 Å². The van der Waals surface area contributed by atoms with Crippen LogP contribution in [0.3, 0.4) is 0 Å². The molecule has 1 aromatic carbocycles. The molecular formula is C10H15N3. The quantitative estimate of drug-likeness (QED) is 0.606. The Kier molecular flexibility index (Phi) is 2.10. The average Bonchev–Trinajstić information content (AvgIpc) is 2.90. The molecule has 13 heavy (non-hydrogen) atoms. The molecule has 0 saturated heterocycles. The molecule has 1 aromatic rings. The molecule has 0 aromatic heterocycles. The summed E-state index contributed by atoms with van der Waals surface area (Å²) in [4.78, 5) is 0. The van der Waals surface area contributed by atoms with Gasteiger partial charge < -0.3 is 16.8 Å². The van der Waals surface area contributed by atoms with Crippen molar-refractivity contribution in [2.24, 2.45) is 0 Å². The first-order valence-electron chi connectivity index (χ1n) is 4.63. The summed E-state index contributed by atoms with van der Waals surface area (Å²) in [5.41, 5.74) is 14.2. The minimum Gasteiger partial charge on any atom is -0.399 e. The molecule has 3 heteroatoms. The van der Waals surface area contributed by atoms with Crippen LogP contribution in [0.25, 0.3) is 0 Å². The SMILES string of the molecule is Nc1ccc(N)c(CNC2CC2)c1. The summed E-state index contributed by atoms with van der Waals surface area (Å²) in [5.74, 6) is 0. The maximum Gasteiger partial charge on any atom is 0.0361 e. The van der Waals surface area contributed by atoms with Crippen LogP contribution in [0.2, 0.25) is 0 Å². The third-order valence-electron chi connectivity index (χ3n) is 2.33. The zero-order valence-corrected chi connectivity index (χ0v) is 7.59. The summed E-state index contributed by atoms with van der Waals surface area (Å²) in [5, 5.41) is 3.41. The molecule has 1 aliphatic carbocycles. The summed E-state index contributed by atoms with van der Waals surface area (Å²) in [6, 6.07) is 6.33. The molecule has 1 saturated carbocycles. The Labute approximate surface area is 78.1 Å². The van der Waals surface area contributed by atoms with Gasteiger partial charge in [0.2, 0.25) is 0 Å². The fourth-order valence-corrected chi connectivity index (χ4v) is 1.32. The molecule has 0 radical (unpaired) electrons. The van der Waals surface area contributed by atoms with Crippen molar-refractivity contribution >= 4 is 11.4 Å². The van der Waals surface area contributed by atoms with E-state index in [0.29, 0.717) is 6.04 Å². The molecule has 0 bridgehead atoms. The van der Waals surface area contributed by atoms with Crippen LogP contribution in [0.4, 0.5) is 11.4 Å². The van der Waals surface area contributed by atoms with E-state index < -0.39 is 0 Å². The third-order valence-corrected chi connectivity index (χ3v) is 2.33. The first-order valence-corrected chi connectivity index (χ1v) is 4.63. The minimum absolute atomic E-state index is 0.709. The lowest BCUT2D eigenvalue weighted by Crippen LogP contribution is -2.16. The van der Waals surface area contributed by atoms with E-state index in [4.69, 9.17) is 11.5 Å². The van der Waals surface area contributed by atoms with Gasteiger partial charge in [-0.1, -0.05) is 0 Å².